The van der Waals surface area contributed by atoms with Crippen LogP contribution in [0.2, 0.25) is 0 Å². The molecule has 5 aromatic rings. The third kappa shape index (κ3) is 9.45. The number of ether oxygens (including phenoxy) is 4. The van der Waals surface area contributed by atoms with Crippen LogP contribution in [-0.4, -0.2) is 89.4 Å². The van der Waals surface area contributed by atoms with Crippen molar-refractivity contribution in [2.75, 3.05) is 56.7 Å². The Labute approximate surface area is 334 Å². The molecule has 15 heteroatoms. The second-order valence-electron chi connectivity index (χ2n) is 14.2. The Morgan fingerprint density at radius 1 is 1.18 bits per heavy atom. The van der Waals surface area contributed by atoms with E-state index in [0.717, 1.165) is 63.0 Å². The van der Waals surface area contributed by atoms with Gasteiger partial charge in [-0.1, -0.05) is 35.3 Å². The molecule has 56 heavy (non-hydrogen) atoms. The van der Waals surface area contributed by atoms with Crippen LogP contribution in [0.25, 0.3) is 10.2 Å². The molecule has 2 aromatic carbocycles. The van der Waals surface area contributed by atoms with E-state index < -0.39 is 17.6 Å². The summed E-state index contributed by atoms with van der Waals surface area (Å²) in [7, 11) is 2.00. The Bertz CT molecular complexity index is 2220. The summed E-state index contributed by atoms with van der Waals surface area (Å²) in [5.41, 5.74) is 3.87. The van der Waals surface area contributed by atoms with Gasteiger partial charge in [-0.2, -0.15) is 0 Å². The SMILES string of the molecule is CCOC(=O)c1nc(N2CCCc3c2nnc(Nc2nc4ccccc4s2)c3C)sc1CCCOc1ccc(C#CCN(C)CC[C@H]2COC(C)(C)O2)cc1F. The average Bonchev–Trinajstić information content (AvgIpc) is 3.90. The number of para-hydroxylation sites is 1. The van der Waals surface area contributed by atoms with Crippen LogP contribution in [0.4, 0.5) is 26.3 Å². The summed E-state index contributed by atoms with van der Waals surface area (Å²) in [6.45, 7) is 10.8. The summed E-state index contributed by atoms with van der Waals surface area (Å²) >= 11 is 3.00. The Kier molecular flexibility index (Phi) is 12.4. The lowest BCUT2D eigenvalue weighted by molar-refractivity contribution is -0.139. The van der Waals surface area contributed by atoms with E-state index in [-0.39, 0.29) is 30.8 Å². The summed E-state index contributed by atoms with van der Waals surface area (Å²) in [4.78, 5) is 27.4. The van der Waals surface area contributed by atoms with Crippen LogP contribution in [0.1, 0.15) is 72.1 Å². The number of hydrogen-bond acceptors (Lipinski definition) is 14. The molecule has 1 atom stereocenters. The number of hydrogen-bond donors (Lipinski definition) is 1. The first-order chi connectivity index (χ1) is 27.1. The van der Waals surface area contributed by atoms with Crippen LogP contribution in [0, 0.1) is 24.6 Å². The van der Waals surface area contributed by atoms with Crippen molar-refractivity contribution in [3.63, 3.8) is 0 Å². The van der Waals surface area contributed by atoms with E-state index in [4.69, 9.17) is 28.9 Å². The second kappa shape index (κ2) is 17.6. The fourth-order valence-corrected chi connectivity index (χ4v) is 8.61. The predicted molar refractivity (Wildman–Crippen MR) is 217 cm³/mol. The van der Waals surface area contributed by atoms with Crippen molar-refractivity contribution in [2.45, 2.75) is 71.7 Å². The van der Waals surface area contributed by atoms with E-state index in [2.05, 4.69) is 32.3 Å². The molecular formula is C41H46FN7O5S2. The number of aryl methyl sites for hydroxylation is 1. The van der Waals surface area contributed by atoms with Crippen molar-refractivity contribution in [3.8, 4) is 17.6 Å². The van der Waals surface area contributed by atoms with Gasteiger partial charge in [-0.15, -0.1) is 21.5 Å². The smallest absolute Gasteiger partial charge is 0.358 e. The Balaban J connectivity index is 0.958. The van der Waals surface area contributed by atoms with Crippen molar-refractivity contribution in [1.29, 1.82) is 0 Å². The molecule has 294 valence electrons. The monoisotopic (exact) mass is 799 g/mol. The van der Waals surface area contributed by atoms with Gasteiger partial charge in [-0.05, 0) is 97.2 Å². The predicted octanol–water partition coefficient (Wildman–Crippen LogP) is 7.83. The van der Waals surface area contributed by atoms with E-state index in [0.29, 0.717) is 49.1 Å². The third-order valence-electron chi connectivity index (χ3n) is 9.51. The Hall–Kier alpha value is -4.72. The van der Waals surface area contributed by atoms with Gasteiger partial charge in [0.25, 0.3) is 0 Å². The molecule has 0 amide bonds. The molecule has 3 aromatic heterocycles. The van der Waals surface area contributed by atoms with Crippen molar-refractivity contribution in [3.05, 3.63) is 75.5 Å². The first-order valence-corrected chi connectivity index (χ1v) is 20.5. The molecule has 5 heterocycles. The molecule has 7 rings (SSSR count). The maximum Gasteiger partial charge on any atom is 0.358 e. The largest absolute Gasteiger partial charge is 0.491 e. The fraction of sp³-hybridized carbons (Fsp3) is 0.439. The lowest BCUT2D eigenvalue weighted by Gasteiger charge is -2.28. The number of rotatable bonds is 14. The summed E-state index contributed by atoms with van der Waals surface area (Å²) < 4.78 is 38.8. The number of benzene rings is 2. The molecule has 12 nitrogen and oxygen atoms in total. The lowest BCUT2D eigenvalue weighted by atomic mass is 10.0. The summed E-state index contributed by atoms with van der Waals surface area (Å²) in [6, 6.07) is 12.8. The van der Waals surface area contributed by atoms with Crippen molar-refractivity contribution in [2.24, 2.45) is 0 Å². The number of carbonyl (C=O) groups excluding carboxylic acids is 1. The van der Waals surface area contributed by atoms with Crippen LogP contribution in [0.3, 0.4) is 0 Å². The standard InChI is InChI=1S/C41H46FN7O5S2/c1-6-51-38(50)35-34(16-11-23-52-32-18-17-27(24-30(32)42)12-9-20-48(5)22-19-28-25-53-41(3,4)54-28)56-40(44-35)49-21-10-13-29-26(2)36(46-47-37(29)49)45-39-43-31-14-7-8-15-33(31)55-39/h7-8,14-15,17-18,24,28H,6,10-11,13,16,19-23,25H2,1-5H3,(H,43,45,46)/t28-/m0/s1. The quantitative estimate of drug-likeness (QED) is 0.0669. The molecule has 0 unspecified atom stereocenters. The number of nitrogens with one attached hydrogen (secondary N) is 1. The number of halogens is 1. The molecule has 0 spiro atoms. The van der Waals surface area contributed by atoms with Crippen LogP contribution < -0.4 is 15.0 Å². The molecule has 0 bridgehead atoms. The van der Waals surface area contributed by atoms with E-state index >= 15 is 4.39 Å². The summed E-state index contributed by atoms with van der Waals surface area (Å²) in [6.07, 6.45) is 3.69. The van der Waals surface area contributed by atoms with Gasteiger partial charge < -0.3 is 29.2 Å². The van der Waals surface area contributed by atoms with Crippen molar-refractivity contribution in [1.82, 2.24) is 25.1 Å². The number of esters is 1. The zero-order valence-corrected chi connectivity index (χ0v) is 33.9. The first kappa shape index (κ1) is 39.5. The van der Waals surface area contributed by atoms with Crippen LogP contribution in [0.15, 0.2) is 42.5 Å². The van der Waals surface area contributed by atoms with Crippen LogP contribution in [0.5, 0.6) is 5.75 Å². The van der Waals surface area contributed by atoms with E-state index in [1.54, 1.807) is 30.4 Å². The van der Waals surface area contributed by atoms with Crippen LogP contribution in [-0.2, 0) is 27.1 Å². The van der Waals surface area contributed by atoms with Crippen LogP contribution >= 0.6 is 22.7 Å². The van der Waals surface area contributed by atoms with Crippen molar-refractivity contribution < 1.29 is 28.1 Å². The van der Waals surface area contributed by atoms with Gasteiger partial charge in [-0.25, -0.2) is 19.2 Å². The fourth-order valence-electron chi connectivity index (χ4n) is 6.63. The molecule has 0 saturated carbocycles. The molecule has 0 aliphatic carbocycles. The van der Waals surface area contributed by atoms with E-state index in [9.17, 15) is 4.79 Å². The topological polar surface area (TPSA) is 124 Å². The van der Waals surface area contributed by atoms with Gasteiger partial charge >= 0.3 is 5.97 Å². The number of thiazole rings is 2. The maximum atomic E-state index is 15.0. The van der Waals surface area contributed by atoms with E-state index in [1.807, 2.05) is 57.0 Å². The summed E-state index contributed by atoms with van der Waals surface area (Å²) in [5, 5.41) is 14.0. The minimum atomic E-state index is -0.524. The van der Waals surface area contributed by atoms with Gasteiger partial charge in [0, 0.05) is 34.7 Å². The van der Waals surface area contributed by atoms with Gasteiger partial charge in [0.05, 0.1) is 42.7 Å². The maximum absolute atomic E-state index is 15.0. The minimum Gasteiger partial charge on any atom is -0.491 e. The number of nitrogens with zero attached hydrogens (tertiary/aromatic N) is 6. The second-order valence-corrected chi connectivity index (χ2v) is 16.3. The minimum absolute atomic E-state index is 0.0773. The Morgan fingerprint density at radius 3 is 2.82 bits per heavy atom. The molecular weight excluding hydrogens is 754 g/mol. The highest BCUT2D eigenvalue weighted by Crippen LogP contribution is 2.39. The van der Waals surface area contributed by atoms with Gasteiger partial charge in [0.15, 0.2) is 44.9 Å². The molecule has 1 saturated heterocycles. The highest BCUT2D eigenvalue weighted by atomic mass is 32.1. The molecule has 2 aliphatic rings. The zero-order chi connectivity index (χ0) is 39.2. The van der Waals surface area contributed by atoms with Crippen molar-refractivity contribution >= 4 is 60.8 Å². The Morgan fingerprint density at radius 2 is 2.04 bits per heavy atom. The zero-order valence-electron chi connectivity index (χ0n) is 32.3. The van der Waals surface area contributed by atoms with E-state index in [1.165, 1.54) is 17.4 Å². The number of carbonyl (C=O) groups is 1. The normalized spacial score (nSPS) is 16.1. The third-order valence-corrected chi connectivity index (χ3v) is 11.6. The molecule has 2 aliphatic heterocycles. The summed E-state index contributed by atoms with van der Waals surface area (Å²) in [5.74, 6) is 6.24. The average molecular weight is 800 g/mol. The molecule has 0 radical (unpaired) electrons. The lowest BCUT2D eigenvalue weighted by Crippen LogP contribution is -2.27. The number of fused-ring (bicyclic) bond motifs is 2. The van der Waals surface area contributed by atoms with Gasteiger partial charge in [0.1, 0.15) is 0 Å². The number of aromatic nitrogens is 4. The first-order valence-electron chi connectivity index (χ1n) is 18.9. The van der Waals surface area contributed by atoms with Gasteiger partial charge in [-0.3, -0.25) is 4.90 Å². The molecule has 1 N–H and O–H groups in total. The van der Waals surface area contributed by atoms with Gasteiger partial charge in [0.2, 0.25) is 0 Å². The highest BCUT2D eigenvalue weighted by molar-refractivity contribution is 7.22. The number of anilines is 4. The molecule has 1 fully saturated rings. The highest BCUT2D eigenvalue weighted by Gasteiger charge is 2.32.